The zero-order valence-corrected chi connectivity index (χ0v) is 9.10. The van der Waals surface area contributed by atoms with Gasteiger partial charge in [-0.25, -0.2) is 4.99 Å². The van der Waals surface area contributed by atoms with Crippen molar-refractivity contribution in [2.75, 3.05) is 6.54 Å². The lowest BCUT2D eigenvalue weighted by molar-refractivity contribution is -0.118. The molecule has 0 aromatic carbocycles. The fraction of sp³-hybridized carbons (Fsp3) is 0.727. The molecule has 16 heavy (non-hydrogen) atoms. The zero-order valence-electron chi connectivity index (χ0n) is 9.10. The summed E-state index contributed by atoms with van der Waals surface area (Å²) in [6.45, 7) is 1.02. The summed E-state index contributed by atoms with van der Waals surface area (Å²) in [7, 11) is 0. The van der Waals surface area contributed by atoms with Gasteiger partial charge in [-0.3, -0.25) is 9.79 Å². The van der Waals surface area contributed by atoms with E-state index in [9.17, 15) is 4.79 Å². The minimum atomic E-state index is -0.0913. The third kappa shape index (κ3) is 1.55. The maximum Gasteiger partial charge on any atom is 0.180 e. The standard InChI is InChI=1S/C11H16N4O/c16-8-5-13-11-10(14-6-15-11)9(8)7-3-1-2-4-12-7/h5-7,9-12H,1-4H2,(H,14,15). The Balaban J connectivity index is 1.81. The number of rotatable bonds is 1. The molecule has 0 aromatic heterocycles. The van der Waals surface area contributed by atoms with E-state index in [1.807, 2.05) is 0 Å². The van der Waals surface area contributed by atoms with Crippen LogP contribution >= 0.6 is 0 Å². The minimum Gasteiger partial charge on any atom is -0.369 e. The second-order valence-electron chi connectivity index (χ2n) is 4.65. The van der Waals surface area contributed by atoms with Crippen molar-refractivity contribution < 1.29 is 4.79 Å². The molecule has 4 unspecified atom stereocenters. The lowest BCUT2D eigenvalue weighted by atomic mass is 9.81. The van der Waals surface area contributed by atoms with Gasteiger partial charge in [-0.15, -0.1) is 0 Å². The van der Waals surface area contributed by atoms with Crippen LogP contribution < -0.4 is 10.6 Å². The number of hydrogen-bond acceptors (Lipinski definition) is 5. The Labute approximate surface area is 94.4 Å². The number of aliphatic imine (C=N–C) groups is 2. The van der Waals surface area contributed by atoms with Gasteiger partial charge in [0.05, 0.1) is 24.5 Å². The quantitative estimate of drug-likeness (QED) is 0.639. The van der Waals surface area contributed by atoms with Gasteiger partial charge in [0.1, 0.15) is 0 Å². The van der Waals surface area contributed by atoms with Crippen molar-refractivity contribution in [3.8, 4) is 0 Å². The van der Waals surface area contributed by atoms with Crippen molar-refractivity contribution in [1.82, 2.24) is 10.6 Å². The molecule has 0 spiro atoms. The summed E-state index contributed by atoms with van der Waals surface area (Å²) in [6.07, 6.45) is 6.55. The van der Waals surface area contributed by atoms with Gasteiger partial charge in [-0.05, 0) is 19.4 Å². The van der Waals surface area contributed by atoms with E-state index in [4.69, 9.17) is 0 Å². The van der Waals surface area contributed by atoms with Crippen LogP contribution in [-0.4, -0.2) is 43.1 Å². The number of fused-ring (bicyclic) bond motifs is 1. The predicted molar refractivity (Wildman–Crippen MR) is 61.8 cm³/mol. The van der Waals surface area contributed by atoms with Gasteiger partial charge in [0, 0.05) is 6.04 Å². The highest BCUT2D eigenvalue weighted by atomic mass is 16.1. The van der Waals surface area contributed by atoms with E-state index in [0.717, 1.165) is 13.0 Å². The van der Waals surface area contributed by atoms with E-state index in [-0.39, 0.29) is 30.0 Å². The fourth-order valence-corrected chi connectivity index (χ4v) is 2.85. The minimum absolute atomic E-state index is 0.00898. The number of Topliss-reactive ketones (excluding diaryl/α,β-unsaturated/α-hetero) is 1. The van der Waals surface area contributed by atoms with Gasteiger partial charge >= 0.3 is 0 Å². The molecule has 5 heteroatoms. The number of hydrogen-bond donors (Lipinski definition) is 2. The first kappa shape index (κ1) is 9.96. The average Bonchev–Trinajstić information content (AvgIpc) is 2.78. The van der Waals surface area contributed by atoms with Crippen molar-refractivity contribution in [3.63, 3.8) is 0 Å². The predicted octanol–water partition coefficient (Wildman–Crippen LogP) is -0.276. The van der Waals surface area contributed by atoms with Crippen LogP contribution in [0.1, 0.15) is 19.3 Å². The average molecular weight is 220 g/mol. The number of ketones is 1. The molecule has 1 saturated heterocycles. The van der Waals surface area contributed by atoms with Crippen LogP contribution in [0, 0.1) is 5.92 Å². The molecule has 4 atom stereocenters. The molecule has 3 rings (SSSR count). The van der Waals surface area contributed by atoms with Crippen LogP contribution in [0.2, 0.25) is 0 Å². The normalized spacial score (nSPS) is 41.9. The molecule has 2 N–H and O–H groups in total. The second kappa shape index (κ2) is 3.97. The number of piperidine rings is 1. The molecule has 1 fully saturated rings. The van der Waals surface area contributed by atoms with Crippen LogP contribution in [0.5, 0.6) is 0 Å². The molecular weight excluding hydrogens is 204 g/mol. The summed E-state index contributed by atoms with van der Waals surface area (Å²) in [5.74, 6) is 0.129. The molecule has 0 aliphatic carbocycles. The second-order valence-corrected chi connectivity index (χ2v) is 4.65. The largest absolute Gasteiger partial charge is 0.369 e. The van der Waals surface area contributed by atoms with Gasteiger partial charge < -0.3 is 10.6 Å². The summed E-state index contributed by atoms with van der Waals surface area (Å²) < 4.78 is 0. The van der Waals surface area contributed by atoms with Crippen molar-refractivity contribution >= 4 is 18.3 Å². The van der Waals surface area contributed by atoms with Gasteiger partial charge in [0.25, 0.3) is 0 Å². The first-order valence-corrected chi connectivity index (χ1v) is 5.94. The van der Waals surface area contributed by atoms with E-state index in [1.54, 1.807) is 6.34 Å². The topological polar surface area (TPSA) is 65.8 Å². The molecule has 0 aromatic rings. The van der Waals surface area contributed by atoms with Crippen molar-refractivity contribution in [2.45, 2.75) is 37.5 Å². The lowest BCUT2D eigenvalue weighted by Gasteiger charge is -2.36. The third-order valence-corrected chi connectivity index (χ3v) is 3.67. The van der Waals surface area contributed by atoms with Gasteiger partial charge in [-0.2, -0.15) is 0 Å². The Bertz CT molecular complexity index is 346. The highest BCUT2D eigenvalue weighted by Gasteiger charge is 2.42. The van der Waals surface area contributed by atoms with Crippen LogP contribution in [0.3, 0.4) is 0 Å². The molecule has 3 aliphatic rings. The SMILES string of the molecule is O=C1C=NC2N=CNC2C1C1CCCCN1. The Hall–Kier alpha value is -1.23. The molecule has 5 nitrogen and oxygen atoms in total. The molecule has 0 saturated carbocycles. The molecule has 86 valence electrons. The fourth-order valence-electron chi connectivity index (χ4n) is 2.85. The molecule has 0 amide bonds. The first-order valence-electron chi connectivity index (χ1n) is 5.94. The van der Waals surface area contributed by atoms with Gasteiger partial charge in [-0.1, -0.05) is 6.42 Å². The smallest absolute Gasteiger partial charge is 0.180 e. The van der Waals surface area contributed by atoms with Crippen LogP contribution in [0.25, 0.3) is 0 Å². The van der Waals surface area contributed by atoms with Crippen molar-refractivity contribution in [3.05, 3.63) is 0 Å². The first-order chi connectivity index (χ1) is 7.86. The number of carbonyl (C=O) groups excluding carboxylic acids is 1. The number of nitrogens with one attached hydrogen (secondary N) is 2. The summed E-state index contributed by atoms with van der Waals surface area (Å²) in [5.41, 5.74) is 0. The Morgan fingerprint density at radius 1 is 1.31 bits per heavy atom. The summed E-state index contributed by atoms with van der Waals surface area (Å²) in [5, 5.41) is 6.62. The van der Waals surface area contributed by atoms with Crippen LogP contribution in [-0.2, 0) is 4.79 Å². The van der Waals surface area contributed by atoms with Crippen LogP contribution in [0.4, 0.5) is 0 Å². The molecular formula is C11H16N4O. The van der Waals surface area contributed by atoms with E-state index in [2.05, 4.69) is 20.6 Å². The van der Waals surface area contributed by atoms with E-state index >= 15 is 0 Å². The Morgan fingerprint density at radius 2 is 2.25 bits per heavy atom. The maximum absolute atomic E-state index is 12.0. The van der Waals surface area contributed by atoms with Crippen molar-refractivity contribution in [2.24, 2.45) is 15.9 Å². The zero-order chi connectivity index (χ0) is 11.0. The molecule has 3 heterocycles. The van der Waals surface area contributed by atoms with Crippen LogP contribution in [0.15, 0.2) is 9.98 Å². The summed E-state index contributed by atoms with van der Waals surface area (Å²) in [6, 6.07) is 0.350. The number of carbonyl (C=O) groups is 1. The molecule has 0 bridgehead atoms. The molecule has 3 aliphatic heterocycles. The number of nitrogens with zero attached hydrogens (tertiary/aromatic N) is 2. The van der Waals surface area contributed by atoms with E-state index < -0.39 is 0 Å². The van der Waals surface area contributed by atoms with E-state index in [1.165, 1.54) is 19.1 Å². The lowest BCUT2D eigenvalue weighted by Crippen LogP contribution is -2.55. The molecule has 0 radical (unpaired) electrons. The van der Waals surface area contributed by atoms with Gasteiger partial charge in [0.15, 0.2) is 11.9 Å². The van der Waals surface area contributed by atoms with Crippen molar-refractivity contribution in [1.29, 1.82) is 0 Å². The van der Waals surface area contributed by atoms with Gasteiger partial charge in [0.2, 0.25) is 0 Å². The highest BCUT2D eigenvalue weighted by molar-refractivity contribution is 6.29. The monoisotopic (exact) mass is 220 g/mol. The Kier molecular flexibility index (Phi) is 2.47. The highest BCUT2D eigenvalue weighted by Crippen LogP contribution is 2.26. The summed E-state index contributed by atoms with van der Waals surface area (Å²) in [4.78, 5) is 20.3. The third-order valence-electron chi connectivity index (χ3n) is 3.67. The Morgan fingerprint density at radius 3 is 3.06 bits per heavy atom. The van der Waals surface area contributed by atoms with E-state index in [0.29, 0.717) is 0 Å². The summed E-state index contributed by atoms with van der Waals surface area (Å²) >= 11 is 0. The maximum atomic E-state index is 12.0.